The van der Waals surface area contributed by atoms with Crippen molar-refractivity contribution in [2.75, 3.05) is 18.5 Å². The minimum Gasteiger partial charge on any atom is -0.374 e. The minimum absolute atomic E-state index is 0.693. The van der Waals surface area contributed by atoms with Crippen LogP contribution in [-0.2, 0) is 0 Å². The van der Waals surface area contributed by atoms with Crippen molar-refractivity contribution < 1.29 is 0 Å². The van der Waals surface area contributed by atoms with Crippen molar-refractivity contribution in [3.8, 4) is 6.07 Å². The highest BCUT2D eigenvalue weighted by Gasteiger charge is 2.23. The number of hydrogen-bond acceptors (Lipinski definition) is 2. The molecular formula is C12H13BrN2. The number of benzene rings is 1. The van der Waals surface area contributed by atoms with Crippen LogP contribution >= 0.6 is 15.9 Å². The van der Waals surface area contributed by atoms with Gasteiger partial charge in [0.15, 0.2) is 0 Å². The van der Waals surface area contributed by atoms with Gasteiger partial charge in [0.05, 0.1) is 5.56 Å². The molecule has 0 aromatic heterocycles. The molecule has 15 heavy (non-hydrogen) atoms. The number of nitriles is 1. The molecule has 1 fully saturated rings. The van der Waals surface area contributed by atoms with Gasteiger partial charge in [-0.2, -0.15) is 5.26 Å². The normalized spacial score (nSPS) is 14.7. The summed E-state index contributed by atoms with van der Waals surface area (Å²) in [6.45, 7) is 1.12. The van der Waals surface area contributed by atoms with Crippen molar-refractivity contribution in [3.63, 3.8) is 0 Å². The fourth-order valence-electron chi connectivity index (χ4n) is 1.63. The Bertz CT molecular complexity index is 405. The molecule has 1 aromatic rings. The fourth-order valence-corrected chi connectivity index (χ4v) is 2.08. The maximum atomic E-state index is 8.81. The summed E-state index contributed by atoms with van der Waals surface area (Å²) in [5.41, 5.74) is 1.87. The third-order valence-corrected chi connectivity index (χ3v) is 3.40. The molecule has 0 N–H and O–H groups in total. The van der Waals surface area contributed by atoms with E-state index in [4.69, 9.17) is 5.26 Å². The molecule has 0 aliphatic heterocycles. The molecule has 1 saturated carbocycles. The average molecular weight is 265 g/mol. The summed E-state index contributed by atoms with van der Waals surface area (Å²) < 4.78 is 0.880. The zero-order valence-corrected chi connectivity index (χ0v) is 10.3. The third-order valence-electron chi connectivity index (χ3n) is 2.74. The second kappa shape index (κ2) is 4.24. The standard InChI is InChI=1S/C12H13BrN2/c1-15(8-9-2-3-9)11-5-4-10(7-14)12(13)6-11/h4-6,9H,2-3,8H2,1H3. The number of halogens is 1. The topological polar surface area (TPSA) is 27.0 Å². The van der Waals surface area contributed by atoms with Crippen molar-refractivity contribution in [2.24, 2.45) is 5.92 Å². The predicted octanol–water partition coefficient (Wildman–Crippen LogP) is 3.17. The first-order valence-electron chi connectivity index (χ1n) is 5.11. The molecule has 0 amide bonds. The molecule has 2 rings (SSSR count). The largest absolute Gasteiger partial charge is 0.374 e. The van der Waals surface area contributed by atoms with Crippen LogP contribution in [0, 0.1) is 17.2 Å². The van der Waals surface area contributed by atoms with E-state index in [9.17, 15) is 0 Å². The highest BCUT2D eigenvalue weighted by Crippen LogP contribution is 2.31. The van der Waals surface area contributed by atoms with Gasteiger partial charge in [-0.3, -0.25) is 0 Å². The number of nitrogens with zero attached hydrogens (tertiary/aromatic N) is 2. The van der Waals surface area contributed by atoms with Gasteiger partial charge in [0.1, 0.15) is 6.07 Å². The van der Waals surface area contributed by atoms with E-state index >= 15 is 0 Å². The van der Waals surface area contributed by atoms with Crippen molar-refractivity contribution >= 4 is 21.6 Å². The lowest BCUT2D eigenvalue weighted by atomic mass is 10.2. The first kappa shape index (κ1) is 10.5. The number of hydrogen-bond donors (Lipinski definition) is 0. The van der Waals surface area contributed by atoms with E-state index in [-0.39, 0.29) is 0 Å². The molecule has 3 heteroatoms. The summed E-state index contributed by atoms with van der Waals surface area (Å²) in [7, 11) is 2.10. The Kier molecular flexibility index (Phi) is 2.97. The van der Waals surface area contributed by atoms with Gasteiger partial charge in [0.2, 0.25) is 0 Å². The van der Waals surface area contributed by atoms with Crippen LogP contribution in [0.3, 0.4) is 0 Å². The summed E-state index contributed by atoms with van der Waals surface area (Å²) in [6.07, 6.45) is 2.73. The van der Waals surface area contributed by atoms with E-state index in [1.54, 1.807) is 0 Å². The molecule has 0 unspecified atom stereocenters. The van der Waals surface area contributed by atoms with Crippen LogP contribution in [0.2, 0.25) is 0 Å². The van der Waals surface area contributed by atoms with Crippen molar-refractivity contribution in [3.05, 3.63) is 28.2 Å². The van der Waals surface area contributed by atoms with Crippen LogP contribution < -0.4 is 4.90 Å². The molecular weight excluding hydrogens is 252 g/mol. The van der Waals surface area contributed by atoms with E-state index in [2.05, 4.69) is 33.9 Å². The summed E-state index contributed by atoms with van der Waals surface area (Å²) in [4.78, 5) is 2.25. The zero-order chi connectivity index (χ0) is 10.8. The molecule has 1 aliphatic carbocycles. The molecule has 1 aromatic carbocycles. The van der Waals surface area contributed by atoms with Gasteiger partial charge in [0.25, 0.3) is 0 Å². The fraction of sp³-hybridized carbons (Fsp3) is 0.417. The van der Waals surface area contributed by atoms with E-state index in [0.717, 1.165) is 16.9 Å². The first-order chi connectivity index (χ1) is 7.20. The smallest absolute Gasteiger partial charge is 0.100 e. The lowest BCUT2D eigenvalue weighted by Gasteiger charge is -2.19. The Morgan fingerprint density at radius 2 is 2.27 bits per heavy atom. The van der Waals surface area contributed by atoms with Crippen molar-refractivity contribution in [2.45, 2.75) is 12.8 Å². The molecule has 0 spiro atoms. The Balaban J connectivity index is 2.14. The second-order valence-electron chi connectivity index (χ2n) is 4.10. The molecule has 0 bridgehead atoms. The Labute approximate surface area is 98.6 Å². The molecule has 0 heterocycles. The highest BCUT2D eigenvalue weighted by atomic mass is 79.9. The van der Waals surface area contributed by atoms with Gasteiger partial charge < -0.3 is 4.90 Å². The maximum Gasteiger partial charge on any atom is 0.100 e. The van der Waals surface area contributed by atoms with Crippen molar-refractivity contribution in [1.82, 2.24) is 0 Å². The first-order valence-corrected chi connectivity index (χ1v) is 5.91. The van der Waals surface area contributed by atoms with E-state index < -0.39 is 0 Å². The average Bonchev–Trinajstić information content (AvgIpc) is 3.01. The van der Waals surface area contributed by atoms with E-state index in [1.165, 1.54) is 18.5 Å². The minimum atomic E-state index is 0.693. The van der Waals surface area contributed by atoms with Crippen LogP contribution in [0.25, 0.3) is 0 Å². The molecule has 2 nitrogen and oxygen atoms in total. The lowest BCUT2D eigenvalue weighted by Crippen LogP contribution is -2.19. The summed E-state index contributed by atoms with van der Waals surface area (Å²) >= 11 is 3.41. The second-order valence-corrected chi connectivity index (χ2v) is 4.95. The van der Waals surface area contributed by atoms with E-state index in [1.807, 2.05) is 18.2 Å². The van der Waals surface area contributed by atoms with Gasteiger partial charge in [0, 0.05) is 23.8 Å². The lowest BCUT2D eigenvalue weighted by molar-refractivity contribution is 0.787. The Morgan fingerprint density at radius 3 is 2.80 bits per heavy atom. The van der Waals surface area contributed by atoms with Crippen LogP contribution in [0.1, 0.15) is 18.4 Å². The summed E-state index contributed by atoms with van der Waals surface area (Å²) in [5.74, 6) is 0.879. The van der Waals surface area contributed by atoms with Gasteiger partial charge in [-0.1, -0.05) is 0 Å². The maximum absolute atomic E-state index is 8.81. The van der Waals surface area contributed by atoms with Crippen LogP contribution in [0.15, 0.2) is 22.7 Å². The number of anilines is 1. The van der Waals surface area contributed by atoms with Crippen LogP contribution in [0.5, 0.6) is 0 Å². The molecule has 1 aliphatic rings. The highest BCUT2D eigenvalue weighted by molar-refractivity contribution is 9.10. The summed E-state index contributed by atoms with van der Waals surface area (Å²) in [5, 5.41) is 8.81. The van der Waals surface area contributed by atoms with Gasteiger partial charge >= 0.3 is 0 Å². The molecule has 78 valence electrons. The molecule has 0 atom stereocenters. The Morgan fingerprint density at radius 1 is 1.53 bits per heavy atom. The van der Waals surface area contributed by atoms with Crippen LogP contribution in [-0.4, -0.2) is 13.6 Å². The van der Waals surface area contributed by atoms with Crippen LogP contribution in [0.4, 0.5) is 5.69 Å². The molecule has 0 radical (unpaired) electrons. The van der Waals surface area contributed by atoms with E-state index in [0.29, 0.717) is 5.56 Å². The Hall–Kier alpha value is -1.01. The van der Waals surface area contributed by atoms with Gasteiger partial charge in [-0.05, 0) is 52.9 Å². The predicted molar refractivity (Wildman–Crippen MR) is 64.9 cm³/mol. The van der Waals surface area contributed by atoms with Crippen molar-refractivity contribution in [1.29, 1.82) is 5.26 Å². The third kappa shape index (κ3) is 2.51. The number of rotatable bonds is 3. The quantitative estimate of drug-likeness (QED) is 0.839. The van der Waals surface area contributed by atoms with Gasteiger partial charge in [-0.15, -0.1) is 0 Å². The van der Waals surface area contributed by atoms with Gasteiger partial charge in [-0.25, -0.2) is 0 Å². The SMILES string of the molecule is CN(CC1CC1)c1ccc(C#N)c(Br)c1. The molecule has 0 saturated heterocycles. The summed E-state index contributed by atoms with van der Waals surface area (Å²) in [6, 6.07) is 8.03. The zero-order valence-electron chi connectivity index (χ0n) is 8.70. The monoisotopic (exact) mass is 264 g/mol.